The van der Waals surface area contributed by atoms with E-state index >= 15 is 0 Å². The minimum absolute atomic E-state index is 0.0358. The van der Waals surface area contributed by atoms with Crippen LogP contribution in [0.4, 0.5) is 0 Å². The maximum absolute atomic E-state index is 12.0. The fourth-order valence-electron chi connectivity index (χ4n) is 2.34. The molecular formula is C12H22N2O3. The average molecular weight is 242 g/mol. The number of carbonyl (C=O) groups is 1. The Balaban J connectivity index is 1.75. The predicted molar refractivity (Wildman–Crippen MR) is 63.5 cm³/mol. The minimum Gasteiger partial charge on any atom is -0.381 e. The Morgan fingerprint density at radius 1 is 1.29 bits per heavy atom. The molecule has 0 radical (unpaired) electrons. The molecule has 5 nitrogen and oxygen atoms in total. The molecule has 0 aromatic rings. The molecule has 0 bridgehead atoms. The third-order valence-electron chi connectivity index (χ3n) is 3.64. The van der Waals surface area contributed by atoms with E-state index in [0.717, 1.165) is 26.1 Å². The van der Waals surface area contributed by atoms with Gasteiger partial charge in [0.15, 0.2) is 0 Å². The van der Waals surface area contributed by atoms with Crippen LogP contribution in [0.2, 0.25) is 0 Å². The van der Waals surface area contributed by atoms with Crippen LogP contribution in [-0.4, -0.2) is 44.4 Å². The van der Waals surface area contributed by atoms with Crippen LogP contribution in [0.25, 0.3) is 0 Å². The summed E-state index contributed by atoms with van der Waals surface area (Å²) in [5.41, 5.74) is 5.37. The lowest BCUT2D eigenvalue weighted by atomic mass is 9.90. The van der Waals surface area contributed by atoms with Crippen molar-refractivity contribution in [2.75, 3.05) is 33.0 Å². The highest BCUT2D eigenvalue weighted by Crippen LogP contribution is 2.18. The van der Waals surface area contributed by atoms with Crippen LogP contribution >= 0.6 is 0 Å². The van der Waals surface area contributed by atoms with Crippen LogP contribution < -0.4 is 11.1 Å². The number of rotatable bonds is 3. The molecule has 1 atom stereocenters. The summed E-state index contributed by atoms with van der Waals surface area (Å²) in [6.45, 7) is 3.44. The molecule has 0 aromatic carbocycles. The molecule has 2 fully saturated rings. The van der Waals surface area contributed by atoms with E-state index in [9.17, 15) is 4.79 Å². The lowest BCUT2D eigenvalue weighted by Crippen LogP contribution is -2.57. The van der Waals surface area contributed by atoms with Gasteiger partial charge < -0.3 is 20.5 Å². The Hall–Kier alpha value is -0.650. The third kappa shape index (κ3) is 3.40. The summed E-state index contributed by atoms with van der Waals surface area (Å²) in [6.07, 6.45) is 3.43. The van der Waals surface area contributed by atoms with E-state index in [1.807, 2.05) is 0 Å². The summed E-state index contributed by atoms with van der Waals surface area (Å²) in [4.78, 5) is 12.0. The zero-order valence-corrected chi connectivity index (χ0v) is 10.2. The zero-order chi connectivity index (χ0) is 12.1. The van der Waals surface area contributed by atoms with E-state index in [0.29, 0.717) is 38.5 Å². The van der Waals surface area contributed by atoms with Crippen LogP contribution in [0.3, 0.4) is 0 Å². The van der Waals surface area contributed by atoms with E-state index in [1.165, 1.54) is 0 Å². The molecule has 1 unspecified atom stereocenters. The Bertz CT molecular complexity index is 258. The van der Waals surface area contributed by atoms with E-state index in [1.54, 1.807) is 0 Å². The second-order valence-electron chi connectivity index (χ2n) is 5.06. The number of ether oxygens (including phenoxy) is 2. The van der Waals surface area contributed by atoms with Crippen molar-refractivity contribution in [3.63, 3.8) is 0 Å². The summed E-state index contributed by atoms with van der Waals surface area (Å²) >= 11 is 0. The molecule has 2 aliphatic heterocycles. The number of hydrogen-bond acceptors (Lipinski definition) is 4. The maximum atomic E-state index is 12.0. The molecule has 2 saturated heterocycles. The predicted octanol–water partition coefficient (Wildman–Crippen LogP) is 0.0371. The van der Waals surface area contributed by atoms with Gasteiger partial charge in [0.25, 0.3) is 0 Å². The Morgan fingerprint density at radius 3 is 2.71 bits per heavy atom. The zero-order valence-electron chi connectivity index (χ0n) is 10.2. The number of nitrogens with one attached hydrogen (secondary N) is 1. The van der Waals surface area contributed by atoms with Crippen molar-refractivity contribution in [3.05, 3.63) is 0 Å². The number of hydrogen-bond donors (Lipinski definition) is 2. The monoisotopic (exact) mass is 242 g/mol. The summed E-state index contributed by atoms with van der Waals surface area (Å²) < 4.78 is 10.6. The summed E-state index contributed by atoms with van der Waals surface area (Å²) in [5.74, 6) is 0.405. The third-order valence-corrected chi connectivity index (χ3v) is 3.64. The lowest BCUT2D eigenvalue weighted by Gasteiger charge is -2.32. The topological polar surface area (TPSA) is 73.6 Å². The molecule has 98 valence electrons. The molecule has 2 heterocycles. The quantitative estimate of drug-likeness (QED) is 0.732. The van der Waals surface area contributed by atoms with Crippen LogP contribution in [0.15, 0.2) is 0 Å². The van der Waals surface area contributed by atoms with Gasteiger partial charge in [-0.3, -0.25) is 4.79 Å². The van der Waals surface area contributed by atoms with Crippen molar-refractivity contribution in [2.45, 2.75) is 31.2 Å². The van der Waals surface area contributed by atoms with E-state index in [-0.39, 0.29) is 5.91 Å². The first-order valence-electron chi connectivity index (χ1n) is 6.43. The van der Waals surface area contributed by atoms with Crippen molar-refractivity contribution < 1.29 is 14.3 Å². The van der Waals surface area contributed by atoms with E-state index in [4.69, 9.17) is 15.2 Å². The first-order valence-corrected chi connectivity index (χ1v) is 6.43. The smallest absolute Gasteiger partial charge is 0.240 e. The Morgan fingerprint density at radius 2 is 2.06 bits per heavy atom. The summed E-state index contributed by atoms with van der Waals surface area (Å²) in [5, 5.41) is 2.96. The van der Waals surface area contributed by atoms with Crippen LogP contribution in [0, 0.1) is 5.92 Å². The number of carbonyl (C=O) groups excluding carboxylic acids is 1. The molecule has 0 spiro atoms. The van der Waals surface area contributed by atoms with Crippen LogP contribution in [-0.2, 0) is 14.3 Å². The average Bonchev–Trinajstić information content (AvgIpc) is 2.38. The molecule has 17 heavy (non-hydrogen) atoms. The van der Waals surface area contributed by atoms with E-state index < -0.39 is 5.54 Å². The van der Waals surface area contributed by atoms with Crippen molar-refractivity contribution >= 4 is 5.91 Å². The standard InChI is InChI=1S/C12H22N2O3/c13-12(3-6-16-7-4-12)11(15)14-8-10-2-1-5-17-9-10/h10H,1-9,13H2,(H,14,15). The lowest BCUT2D eigenvalue weighted by molar-refractivity contribution is -0.130. The van der Waals surface area contributed by atoms with Gasteiger partial charge >= 0.3 is 0 Å². The first-order chi connectivity index (χ1) is 8.21. The highest BCUT2D eigenvalue weighted by Gasteiger charge is 2.35. The van der Waals surface area contributed by atoms with Crippen molar-refractivity contribution in [1.82, 2.24) is 5.32 Å². The molecule has 0 saturated carbocycles. The summed E-state index contributed by atoms with van der Waals surface area (Å²) in [7, 11) is 0. The van der Waals surface area contributed by atoms with Crippen molar-refractivity contribution in [1.29, 1.82) is 0 Å². The van der Waals surface area contributed by atoms with E-state index in [2.05, 4.69) is 5.32 Å². The number of amides is 1. The fraction of sp³-hybridized carbons (Fsp3) is 0.917. The summed E-state index contributed by atoms with van der Waals surface area (Å²) in [6, 6.07) is 0. The highest BCUT2D eigenvalue weighted by atomic mass is 16.5. The second-order valence-corrected chi connectivity index (χ2v) is 5.06. The maximum Gasteiger partial charge on any atom is 0.240 e. The van der Waals surface area contributed by atoms with Crippen LogP contribution in [0.1, 0.15) is 25.7 Å². The van der Waals surface area contributed by atoms with Gasteiger partial charge in [0, 0.05) is 26.4 Å². The van der Waals surface area contributed by atoms with Gasteiger partial charge in [-0.25, -0.2) is 0 Å². The van der Waals surface area contributed by atoms with Crippen molar-refractivity contribution in [2.24, 2.45) is 11.7 Å². The minimum atomic E-state index is -0.728. The second kappa shape index (κ2) is 5.80. The molecule has 3 N–H and O–H groups in total. The molecule has 2 rings (SSSR count). The highest BCUT2D eigenvalue weighted by molar-refractivity contribution is 5.86. The van der Waals surface area contributed by atoms with Gasteiger partial charge in [0.1, 0.15) is 0 Å². The first kappa shape index (κ1) is 12.8. The molecule has 0 aliphatic carbocycles. The van der Waals surface area contributed by atoms with Crippen LogP contribution in [0.5, 0.6) is 0 Å². The van der Waals surface area contributed by atoms with Gasteiger partial charge in [-0.2, -0.15) is 0 Å². The molecule has 1 amide bonds. The normalized spacial score (nSPS) is 28.6. The van der Waals surface area contributed by atoms with Gasteiger partial charge in [0.05, 0.1) is 12.1 Å². The van der Waals surface area contributed by atoms with Gasteiger partial charge in [-0.05, 0) is 31.6 Å². The SMILES string of the molecule is NC1(C(=O)NCC2CCCOC2)CCOCC1. The fourth-order valence-corrected chi connectivity index (χ4v) is 2.34. The molecule has 0 aromatic heterocycles. The number of nitrogens with two attached hydrogens (primary N) is 1. The van der Waals surface area contributed by atoms with Gasteiger partial charge in [-0.15, -0.1) is 0 Å². The molecule has 5 heteroatoms. The Kier molecular flexibility index (Phi) is 4.36. The Labute approximate surface area is 102 Å². The van der Waals surface area contributed by atoms with Gasteiger partial charge in [-0.1, -0.05) is 0 Å². The molecule has 2 aliphatic rings. The largest absolute Gasteiger partial charge is 0.381 e. The van der Waals surface area contributed by atoms with Crippen molar-refractivity contribution in [3.8, 4) is 0 Å². The molecular weight excluding hydrogens is 220 g/mol. The van der Waals surface area contributed by atoms with Gasteiger partial charge in [0.2, 0.25) is 5.91 Å².